The van der Waals surface area contributed by atoms with Gasteiger partial charge in [0.25, 0.3) is 0 Å². The number of benzene rings is 1. The van der Waals surface area contributed by atoms with Crippen molar-refractivity contribution in [1.29, 1.82) is 5.41 Å². The molecular formula is C22H22FN3O6S. The highest BCUT2D eigenvalue weighted by Gasteiger charge is 2.45. The van der Waals surface area contributed by atoms with Gasteiger partial charge in [0.2, 0.25) is 5.91 Å². The van der Waals surface area contributed by atoms with Crippen LogP contribution in [0.25, 0.3) is 0 Å². The number of esters is 1. The fraction of sp³-hybridized carbons (Fsp3) is 0.318. The minimum Gasteiger partial charge on any atom is -0.480 e. The summed E-state index contributed by atoms with van der Waals surface area (Å²) in [6.45, 7) is 0. The van der Waals surface area contributed by atoms with Crippen molar-refractivity contribution in [3.63, 3.8) is 0 Å². The maximum Gasteiger partial charge on any atom is 0.353 e. The van der Waals surface area contributed by atoms with Gasteiger partial charge in [0.05, 0.1) is 5.41 Å². The standard InChI is InChI=1S/C22H22FN3O6S/c23-14-10-12(18(24)25)2-4-16(14)32-20(30)17-5-3-13(33-17)11-22(7-1-8-22)21(31)26-15(6-9-27)19(28)29/h2-5,9-10,15H,1,6-8,11H2,(H3,24,25)(H,26,31)(H,28,29)/t15-/m0/s1. The molecule has 0 aliphatic heterocycles. The number of hydrogen-bond donors (Lipinski definition) is 4. The minimum absolute atomic E-state index is 0.160. The number of thiophene rings is 1. The van der Waals surface area contributed by atoms with Crippen molar-refractivity contribution >= 4 is 41.3 Å². The number of carboxylic acids is 1. The van der Waals surface area contributed by atoms with Crippen LogP contribution in [-0.4, -0.2) is 41.1 Å². The second-order valence-electron chi connectivity index (χ2n) is 7.79. The zero-order chi connectivity index (χ0) is 24.2. The van der Waals surface area contributed by atoms with Crippen molar-refractivity contribution in [3.8, 4) is 5.75 Å². The average Bonchev–Trinajstić information content (AvgIpc) is 3.20. The first-order valence-electron chi connectivity index (χ1n) is 10.1. The number of aliphatic carboxylic acids is 1. The number of amides is 1. The Morgan fingerprint density at radius 2 is 2.03 bits per heavy atom. The Morgan fingerprint density at radius 1 is 1.30 bits per heavy atom. The lowest BCUT2D eigenvalue weighted by Gasteiger charge is -2.40. The molecule has 0 saturated heterocycles. The smallest absolute Gasteiger partial charge is 0.353 e. The van der Waals surface area contributed by atoms with Crippen molar-refractivity contribution < 1.29 is 33.4 Å². The molecule has 0 bridgehead atoms. The van der Waals surface area contributed by atoms with Crippen LogP contribution in [0.3, 0.4) is 0 Å². The molecule has 9 nitrogen and oxygen atoms in total. The third-order valence-corrected chi connectivity index (χ3v) is 6.61. The van der Waals surface area contributed by atoms with Crippen LogP contribution in [0.1, 0.15) is 45.8 Å². The first kappa shape index (κ1) is 24.1. The van der Waals surface area contributed by atoms with Gasteiger partial charge in [-0.15, -0.1) is 11.3 Å². The van der Waals surface area contributed by atoms with Crippen LogP contribution < -0.4 is 15.8 Å². The fourth-order valence-electron chi connectivity index (χ4n) is 3.53. The molecule has 33 heavy (non-hydrogen) atoms. The molecule has 1 aliphatic carbocycles. The molecule has 1 saturated carbocycles. The lowest BCUT2D eigenvalue weighted by atomic mass is 9.65. The Kier molecular flexibility index (Phi) is 7.22. The Morgan fingerprint density at radius 3 is 2.58 bits per heavy atom. The molecule has 1 aromatic carbocycles. The van der Waals surface area contributed by atoms with Gasteiger partial charge < -0.3 is 25.7 Å². The number of nitrogens with one attached hydrogen (secondary N) is 2. The molecule has 1 heterocycles. The second kappa shape index (κ2) is 9.90. The monoisotopic (exact) mass is 475 g/mol. The summed E-state index contributed by atoms with van der Waals surface area (Å²) in [5.41, 5.74) is 4.66. The topological polar surface area (TPSA) is 160 Å². The second-order valence-corrected chi connectivity index (χ2v) is 8.96. The van der Waals surface area contributed by atoms with Crippen LogP contribution in [0, 0.1) is 16.6 Å². The van der Waals surface area contributed by atoms with Gasteiger partial charge in [-0.3, -0.25) is 10.2 Å². The van der Waals surface area contributed by atoms with Crippen molar-refractivity contribution in [3.05, 3.63) is 51.5 Å². The van der Waals surface area contributed by atoms with Crippen molar-refractivity contribution in [2.24, 2.45) is 11.1 Å². The first-order valence-corrected chi connectivity index (χ1v) is 10.9. The van der Waals surface area contributed by atoms with Gasteiger partial charge in [0.15, 0.2) is 11.6 Å². The van der Waals surface area contributed by atoms with E-state index >= 15 is 0 Å². The molecule has 174 valence electrons. The van der Waals surface area contributed by atoms with Crippen LogP contribution in [-0.2, 0) is 20.8 Å². The molecule has 3 rings (SSSR count). The quantitative estimate of drug-likeness (QED) is 0.135. The fourth-order valence-corrected chi connectivity index (χ4v) is 4.56. The van der Waals surface area contributed by atoms with Crippen molar-refractivity contribution in [2.75, 3.05) is 0 Å². The summed E-state index contributed by atoms with van der Waals surface area (Å²) in [7, 11) is 0. The highest BCUT2D eigenvalue weighted by molar-refractivity contribution is 7.14. The molecule has 1 atom stereocenters. The van der Waals surface area contributed by atoms with E-state index < -0.39 is 35.1 Å². The summed E-state index contributed by atoms with van der Waals surface area (Å²) in [4.78, 5) is 48.1. The van der Waals surface area contributed by atoms with E-state index in [0.717, 1.165) is 23.8 Å². The van der Waals surface area contributed by atoms with Crippen molar-refractivity contribution in [2.45, 2.75) is 38.1 Å². The van der Waals surface area contributed by atoms with Crippen LogP contribution in [0.2, 0.25) is 0 Å². The molecule has 5 N–H and O–H groups in total. The average molecular weight is 475 g/mol. The van der Waals surface area contributed by atoms with Gasteiger partial charge in [-0.25, -0.2) is 14.0 Å². The number of carboxylic acid groups (broad SMARTS) is 1. The molecule has 1 aromatic heterocycles. The van der Waals surface area contributed by atoms with Crippen LogP contribution in [0.15, 0.2) is 30.3 Å². The van der Waals surface area contributed by atoms with Gasteiger partial charge in [-0.1, -0.05) is 6.42 Å². The molecule has 0 spiro atoms. The number of aldehydes is 1. The number of hydrogen-bond acceptors (Lipinski definition) is 7. The molecule has 1 fully saturated rings. The van der Waals surface area contributed by atoms with E-state index in [1.54, 1.807) is 6.07 Å². The predicted octanol–water partition coefficient (Wildman–Crippen LogP) is 2.26. The first-order chi connectivity index (χ1) is 15.6. The highest BCUT2D eigenvalue weighted by atomic mass is 32.1. The summed E-state index contributed by atoms with van der Waals surface area (Å²) >= 11 is 1.10. The number of halogens is 1. The van der Waals surface area contributed by atoms with E-state index in [4.69, 9.17) is 15.9 Å². The van der Waals surface area contributed by atoms with E-state index in [1.807, 2.05) is 0 Å². The van der Waals surface area contributed by atoms with Gasteiger partial charge >= 0.3 is 11.9 Å². The third kappa shape index (κ3) is 5.43. The lowest BCUT2D eigenvalue weighted by Crippen LogP contribution is -2.52. The number of nitrogen functional groups attached to an aromatic ring is 1. The van der Waals surface area contributed by atoms with E-state index in [9.17, 15) is 28.7 Å². The predicted molar refractivity (Wildman–Crippen MR) is 117 cm³/mol. The number of carbonyl (C=O) groups is 4. The van der Waals surface area contributed by atoms with Gasteiger partial charge in [0.1, 0.15) is 23.0 Å². The van der Waals surface area contributed by atoms with E-state index in [1.165, 1.54) is 18.2 Å². The van der Waals surface area contributed by atoms with E-state index in [0.29, 0.717) is 30.4 Å². The lowest BCUT2D eigenvalue weighted by molar-refractivity contribution is -0.146. The summed E-state index contributed by atoms with van der Waals surface area (Å²) in [5, 5.41) is 18.9. The summed E-state index contributed by atoms with van der Waals surface area (Å²) in [6, 6.07) is 5.47. The summed E-state index contributed by atoms with van der Waals surface area (Å²) < 4.78 is 19.2. The molecule has 0 radical (unpaired) electrons. The number of carbonyl (C=O) groups excluding carboxylic acids is 3. The van der Waals surface area contributed by atoms with E-state index in [2.05, 4.69) is 5.32 Å². The molecule has 0 unspecified atom stereocenters. The molecule has 1 aliphatic rings. The maximum absolute atomic E-state index is 14.1. The molecular weight excluding hydrogens is 453 g/mol. The Bertz CT molecular complexity index is 1110. The zero-order valence-corrected chi connectivity index (χ0v) is 18.2. The Hall–Kier alpha value is -3.60. The van der Waals surface area contributed by atoms with Crippen LogP contribution >= 0.6 is 11.3 Å². The number of amidine groups is 1. The van der Waals surface area contributed by atoms with Gasteiger partial charge in [0, 0.05) is 16.9 Å². The summed E-state index contributed by atoms with van der Waals surface area (Å²) in [5.74, 6) is -3.94. The zero-order valence-electron chi connectivity index (χ0n) is 17.4. The summed E-state index contributed by atoms with van der Waals surface area (Å²) in [6.07, 6.45) is 2.33. The van der Waals surface area contributed by atoms with Crippen LogP contribution in [0.4, 0.5) is 4.39 Å². The molecule has 2 aromatic rings. The Labute approximate surface area is 192 Å². The largest absolute Gasteiger partial charge is 0.480 e. The van der Waals surface area contributed by atoms with Crippen LogP contribution in [0.5, 0.6) is 5.75 Å². The Balaban J connectivity index is 1.68. The van der Waals surface area contributed by atoms with Gasteiger partial charge in [-0.2, -0.15) is 0 Å². The third-order valence-electron chi connectivity index (χ3n) is 5.55. The molecule has 11 heteroatoms. The minimum atomic E-state index is -1.29. The number of rotatable bonds is 10. The normalized spacial score (nSPS) is 15.1. The molecule has 1 amide bonds. The van der Waals surface area contributed by atoms with E-state index in [-0.39, 0.29) is 28.4 Å². The SMILES string of the molecule is N=C(N)c1ccc(OC(=O)c2ccc(CC3(C(=O)N[C@@H](CC=O)C(=O)O)CCC3)s2)c(F)c1. The van der Waals surface area contributed by atoms with Gasteiger partial charge in [-0.05, 0) is 49.6 Å². The maximum atomic E-state index is 14.1. The highest BCUT2D eigenvalue weighted by Crippen LogP contribution is 2.45. The number of nitrogens with two attached hydrogens (primary N) is 1. The van der Waals surface area contributed by atoms with Crippen molar-refractivity contribution in [1.82, 2.24) is 5.32 Å². The number of ether oxygens (including phenoxy) is 1.